The second-order valence-electron chi connectivity index (χ2n) is 8.96. The summed E-state index contributed by atoms with van der Waals surface area (Å²) < 4.78 is 0. The number of likely N-dealkylation sites (tertiary alicyclic amines) is 2. The molecule has 2 heterocycles. The second-order valence-corrected chi connectivity index (χ2v) is 8.96. The van der Waals surface area contributed by atoms with Crippen LogP contribution in [0.25, 0.3) is 0 Å². The predicted octanol–water partition coefficient (Wildman–Crippen LogP) is 3.56. The highest BCUT2D eigenvalue weighted by Crippen LogP contribution is 2.31. The Hall–Kier alpha value is -2.28. The molecule has 4 amide bonds. The summed E-state index contributed by atoms with van der Waals surface area (Å²) in [6.07, 6.45) is 12.3. The molecule has 7 nitrogen and oxygen atoms in total. The van der Waals surface area contributed by atoms with Crippen LogP contribution in [-0.2, 0) is 19.2 Å². The summed E-state index contributed by atoms with van der Waals surface area (Å²) in [6, 6.07) is 0. The number of hydrogen-bond acceptors (Lipinski definition) is 5. The fourth-order valence-electron chi connectivity index (χ4n) is 4.79. The fourth-order valence-corrected chi connectivity index (χ4v) is 4.79. The summed E-state index contributed by atoms with van der Waals surface area (Å²) in [4.78, 5) is 53.1. The highest BCUT2D eigenvalue weighted by molar-refractivity contribution is 6.04. The smallest absolute Gasteiger partial charge is 0.233 e. The number of carbonyl (C=O) groups excluding carboxylic acids is 4. The average Bonchev–Trinajstić information content (AvgIpc) is 3.24. The van der Waals surface area contributed by atoms with Gasteiger partial charge in [-0.15, -0.1) is 0 Å². The van der Waals surface area contributed by atoms with Crippen molar-refractivity contribution in [2.75, 3.05) is 26.2 Å². The van der Waals surface area contributed by atoms with E-state index in [0.717, 1.165) is 25.7 Å². The first-order valence-electron chi connectivity index (χ1n) is 12.6. The quantitative estimate of drug-likeness (QED) is 0.243. The minimum atomic E-state index is -0.268. The van der Waals surface area contributed by atoms with Crippen LogP contribution in [0.2, 0.25) is 0 Å². The van der Waals surface area contributed by atoms with E-state index in [1.807, 2.05) is 13.8 Å². The number of imide groups is 2. The van der Waals surface area contributed by atoms with Gasteiger partial charge < -0.3 is 5.32 Å². The van der Waals surface area contributed by atoms with E-state index in [1.165, 1.54) is 9.80 Å². The fraction of sp³-hybridized carbons (Fsp3) is 0.692. The first-order valence-corrected chi connectivity index (χ1v) is 12.6. The van der Waals surface area contributed by atoms with E-state index in [4.69, 9.17) is 0 Å². The van der Waals surface area contributed by atoms with E-state index in [-0.39, 0.29) is 61.6 Å². The minimum absolute atomic E-state index is 0. The van der Waals surface area contributed by atoms with E-state index < -0.39 is 0 Å². The van der Waals surface area contributed by atoms with E-state index in [2.05, 4.69) is 43.5 Å². The van der Waals surface area contributed by atoms with Gasteiger partial charge in [0.2, 0.25) is 23.6 Å². The standard InChI is InChI=1S/C26H41N3O4.H2/c1-5-9-11-19(7-3)21-17-23(30)28(25(21)32)15-13-27-14-16-29-24(31)18-22(26(29)33)20(8-4)12-10-6-2;/h9-12,19-22,27H,5-8,13-18H2,1-4H3;1H/b11-9+,12-10?;. The van der Waals surface area contributed by atoms with Gasteiger partial charge in [-0.3, -0.25) is 29.0 Å². The summed E-state index contributed by atoms with van der Waals surface area (Å²) in [5.74, 6) is -0.758. The van der Waals surface area contributed by atoms with E-state index in [1.54, 1.807) is 0 Å². The predicted molar refractivity (Wildman–Crippen MR) is 131 cm³/mol. The molecular weight excluding hydrogens is 418 g/mol. The Balaban J connectivity index is 0.00000578. The van der Waals surface area contributed by atoms with Crippen molar-refractivity contribution in [3.63, 3.8) is 0 Å². The van der Waals surface area contributed by atoms with Gasteiger partial charge in [-0.25, -0.2) is 0 Å². The number of rotatable bonds is 14. The van der Waals surface area contributed by atoms with Crippen LogP contribution >= 0.6 is 0 Å². The molecule has 0 aromatic heterocycles. The van der Waals surface area contributed by atoms with Crippen molar-refractivity contribution in [2.24, 2.45) is 23.7 Å². The third kappa shape index (κ3) is 6.85. The lowest BCUT2D eigenvalue weighted by Gasteiger charge is -2.20. The first-order chi connectivity index (χ1) is 15.9. The molecule has 0 aromatic rings. The van der Waals surface area contributed by atoms with Crippen molar-refractivity contribution in [1.82, 2.24) is 15.1 Å². The lowest BCUT2D eigenvalue weighted by molar-refractivity contribution is -0.140. The van der Waals surface area contributed by atoms with Crippen molar-refractivity contribution in [1.29, 1.82) is 0 Å². The maximum atomic E-state index is 12.8. The molecule has 186 valence electrons. The Kier molecular flexibility index (Phi) is 11.0. The van der Waals surface area contributed by atoms with Gasteiger partial charge in [-0.2, -0.15) is 0 Å². The molecule has 0 bridgehead atoms. The zero-order valence-corrected chi connectivity index (χ0v) is 20.7. The molecule has 2 aliphatic rings. The maximum absolute atomic E-state index is 12.8. The molecule has 0 spiro atoms. The average molecular weight is 462 g/mol. The lowest BCUT2D eigenvalue weighted by atomic mass is 9.88. The third-order valence-electron chi connectivity index (χ3n) is 6.80. The van der Waals surface area contributed by atoms with Crippen LogP contribution < -0.4 is 5.32 Å². The number of nitrogens with one attached hydrogen (secondary N) is 1. The van der Waals surface area contributed by atoms with E-state index in [9.17, 15) is 19.2 Å². The van der Waals surface area contributed by atoms with Crippen LogP contribution in [0.15, 0.2) is 24.3 Å². The molecular formula is C26H43N3O4. The Morgan fingerprint density at radius 3 is 1.52 bits per heavy atom. The Morgan fingerprint density at radius 2 is 1.18 bits per heavy atom. The van der Waals surface area contributed by atoms with Crippen molar-refractivity contribution < 1.29 is 20.6 Å². The monoisotopic (exact) mass is 461 g/mol. The van der Waals surface area contributed by atoms with Crippen molar-refractivity contribution in [3.8, 4) is 0 Å². The molecule has 2 aliphatic heterocycles. The summed E-state index contributed by atoms with van der Waals surface area (Å²) in [6.45, 7) is 9.71. The van der Waals surface area contributed by atoms with E-state index in [0.29, 0.717) is 26.2 Å². The van der Waals surface area contributed by atoms with Gasteiger partial charge in [-0.05, 0) is 37.5 Å². The second kappa shape index (κ2) is 13.4. The first kappa shape index (κ1) is 27.0. The summed E-state index contributed by atoms with van der Waals surface area (Å²) in [7, 11) is 0. The number of amides is 4. The third-order valence-corrected chi connectivity index (χ3v) is 6.80. The Morgan fingerprint density at radius 1 is 0.788 bits per heavy atom. The molecule has 2 saturated heterocycles. The number of nitrogens with zero attached hydrogens (tertiary/aromatic N) is 2. The minimum Gasteiger partial charge on any atom is -0.313 e. The maximum Gasteiger partial charge on any atom is 0.233 e. The zero-order valence-electron chi connectivity index (χ0n) is 20.7. The van der Waals surface area contributed by atoms with Crippen LogP contribution in [-0.4, -0.2) is 59.6 Å². The number of hydrogen-bond donors (Lipinski definition) is 1. The molecule has 1 N–H and O–H groups in total. The SMILES string of the molecule is CCC=CC(CC)C1CC(=O)N(CCNCCN2C(=O)CC(C(/C=C/CC)CC)C2=O)C1=O.[HH]. The highest BCUT2D eigenvalue weighted by Gasteiger charge is 2.42. The van der Waals surface area contributed by atoms with Gasteiger partial charge in [0.25, 0.3) is 0 Å². The molecule has 0 aromatic carbocycles. The van der Waals surface area contributed by atoms with Crippen LogP contribution in [0.3, 0.4) is 0 Å². The highest BCUT2D eigenvalue weighted by atomic mass is 16.2. The Bertz CT molecular complexity index is 705. The zero-order chi connectivity index (χ0) is 24.4. The van der Waals surface area contributed by atoms with Crippen molar-refractivity contribution in [2.45, 2.75) is 66.2 Å². The molecule has 0 aliphatic carbocycles. The van der Waals surface area contributed by atoms with Crippen LogP contribution in [0.5, 0.6) is 0 Å². The normalized spacial score (nSPS) is 23.6. The molecule has 33 heavy (non-hydrogen) atoms. The van der Waals surface area contributed by atoms with Gasteiger partial charge in [0.1, 0.15) is 0 Å². The van der Waals surface area contributed by atoms with Gasteiger partial charge in [0.15, 0.2) is 0 Å². The molecule has 4 unspecified atom stereocenters. The molecule has 2 fully saturated rings. The topological polar surface area (TPSA) is 86.8 Å². The Labute approximate surface area is 200 Å². The van der Waals surface area contributed by atoms with Crippen LogP contribution in [0.1, 0.15) is 67.6 Å². The van der Waals surface area contributed by atoms with Gasteiger partial charge >= 0.3 is 0 Å². The van der Waals surface area contributed by atoms with Crippen LogP contribution in [0, 0.1) is 23.7 Å². The largest absolute Gasteiger partial charge is 0.313 e. The van der Waals surface area contributed by atoms with Crippen molar-refractivity contribution in [3.05, 3.63) is 24.3 Å². The van der Waals surface area contributed by atoms with Gasteiger partial charge in [0, 0.05) is 40.4 Å². The van der Waals surface area contributed by atoms with Crippen LogP contribution in [0.4, 0.5) is 0 Å². The van der Waals surface area contributed by atoms with Gasteiger partial charge in [0.05, 0.1) is 11.8 Å². The molecule has 0 radical (unpaired) electrons. The molecule has 2 rings (SSSR count). The number of allylic oxidation sites excluding steroid dienone is 4. The summed E-state index contributed by atoms with van der Waals surface area (Å²) >= 11 is 0. The molecule has 0 saturated carbocycles. The van der Waals surface area contributed by atoms with Gasteiger partial charge in [-0.1, -0.05) is 52.0 Å². The number of carbonyl (C=O) groups is 4. The van der Waals surface area contributed by atoms with Crippen molar-refractivity contribution >= 4 is 23.6 Å². The summed E-state index contributed by atoms with van der Waals surface area (Å²) in [5.41, 5.74) is 0. The molecule has 4 atom stereocenters. The lowest BCUT2D eigenvalue weighted by Crippen LogP contribution is -2.41. The van der Waals surface area contributed by atoms with E-state index >= 15 is 0 Å². The molecule has 7 heteroatoms. The summed E-state index contributed by atoms with van der Waals surface area (Å²) in [5, 5.41) is 3.19.